The second-order valence-electron chi connectivity index (χ2n) is 4.09. The molecular formula is C11H20N6O. The molecule has 0 aliphatic heterocycles. The first-order chi connectivity index (χ1) is 8.58. The fraction of sp³-hybridized carbons (Fsp3) is 0.545. The molecule has 7 nitrogen and oxygen atoms in total. The van der Waals surface area contributed by atoms with Gasteiger partial charge in [0.1, 0.15) is 5.82 Å². The predicted octanol–water partition coefficient (Wildman–Crippen LogP) is 0.0668. The Kier molecular flexibility index (Phi) is 5.31. The summed E-state index contributed by atoms with van der Waals surface area (Å²) >= 11 is 0. The van der Waals surface area contributed by atoms with Crippen LogP contribution in [0.1, 0.15) is 13.3 Å². The third kappa shape index (κ3) is 3.85. The Morgan fingerprint density at radius 2 is 2.22 bits per heavy atom. The van der Waals surface area contributed by atoms with Crippen LogP contribution in [-0.4, -0.2) is 48.0 Å². The quantitative estimate of drug-likeness (QED) is 0.550. The molecule has 0 fully saturated rings. The summed E-state index contributed by atoms with van der Waals surface area (Å²) in [5.74, 6) is 6.33. The van der Waals surface area contributed by atoms with Gasteiger partial charge in [-0.25, -0.2) is 10.8 Å². The van der Waals surface area contributed by atoms with Crippen LogP contribution >= 0.6 is 0 Å². The third-order valence-corrected chi connectivity index (χ3v) is 2.41. The molecule has 1 heterocycles. The van der Waals surface area contributed by atoms with Crippen LogP contribution < -0.4 is 16.2 Å². The SMILES string of the molecule is CCCN(CC(=O)N(C)C)c1ccnc(NN)n1. The van der Waals surface area contributed by atoms with E-state index in [1.807, 2.05) is 4.90 Å². The van der Waals surface area contributed by atoms with Crippen LogP contribution in [0.5, 0.6) is 0 Å². The first-order valence-corrected chi connectivity index (χ1v) is 5.83. The van der Waals surface area contributed by atoms with Crippen LogP contribution in [0.25, 0.3) is 0 Å². The van der Waals surface area contributed by atoms with Crippen LogP contribution in [0.2, 0.25) is 0 Å². The van der Waals surface area contributed by atoms with Gasteiger partial charge in [0.25, 0.3) is 0 Å². The summed E-state index contributed by atoms with van der Waals surface area (Å²) in [5, 5.41) is 0. The second kappa shape index (κ2) is 6.75. The van der Waals surface area contributed by atoms with Crippen LogP contribution in [0.15, 0.2) is 12.3 Å². The number of carbonyl (C=O) groups excluding carboxylic acids is 1. The molecule has 1 amide bonds. The van der Waals surface area contributed by atoms with Gasteiger partial charge in [-0.05, 0) is 12.5 Å². The molecule has 0 radical (unpaired) electrons. The van der Waals surface area contributed by atoms with Gasteiger partial charge in [-0.15, -0.1) is 0 Å². The molecule has 0 aliphatic carbocycles. The highest BCUT2D eigenvalue weighted by Crippen LogP contribution is 2.12. The fourth-order valence-corrected chi connectivity index (χ4v) is 1.44. The number of aromatic nitrogens is 2. The molecule has 0 saturated carbocycles. The van der Waals surface area contributed by atoms with Gasteiger partial charge in [0, 0.05) is 26.8 Å². The van der Waals surface area contributed by atoms with Gasteiger partial charge in [0.05, 0.1) is 6.54 Å². The van der Waals surface area contributed by atoms with E-state index in [9.17, 15) is 4.79 Å². The van der Waals surface area contributed by atoms with Gasteiger partial charge in [-0.3, -0.25) is 10.2 Å². The zero-order chi connectivity index (χ0) is 13.5. The van der Waals surface area contributed by atoms with Gasteiger partial charge in [-0.1, -0.05) is 6.92 Å². The Morgan fingerprint density at radius 3 is 2.78 bits per heavy atom. The standard InChI is InChI=1S/C11H20N6O/c1-4-7-17(8-10(18)16(2)3)9-5-6-13-11(14-9)15-12/h5-6H,4,7-8,12H2,1-3H3,(H,13,14,15). The molecule has 0 aliphatic rings. The first-order valence-electron chi connectivity index (χ1n) is 5.83. The molecule has 0 bridgehead atoms. The number of likely N-dealkylation sites (N-methyl/N-ethyl adjacent to an activating group) is 1. The number of rotatable bonds is 6. The fourth-order valence-electron chi connectivity index (χ4n) is 1.44. The van der Waals surface area contributed by atoms with Crippen LogP contribution in [-0.2, 0) is 4.79 Å². The summed E-state index contributed by atoms with van der Waals surface area (Å²) in [7, 11) is 3.47. The van der Waals surface area contributed by atoms with Crippen molar-refractivity contribution in [3.8, 4) is 0 Å². The van der Waals surface area contributed by atoms with E-state index in [0.717, 1.165) is 13.0 Å². The summed E-state index contributed by atoms with van der Waals surface area (Å²) in [6.07, 6.45) is 2.54. The van der Waals surface area contributed by atoms with Crippen molar-refractivity contribution in [2.75, 3.05) is 37.5 Å². The number of hydrogen-bond acceptors (Lipinski definition) is 6. The lowest BCUT2D eigenvalue weighted by atomic mass is 10.3. The third-order valence-electron chi connectivity index (χ3n) is 2.41. The first kappa shape index (κ1) is 14.2. The van der Waals surface area contributed by atoms with Crippen LogP contribution in [0, 0.1) is 0 Å². The molecular weight excluding hydrogens is 232 g/mol. The lowest BCUT2D eigenvalue weighted by Gasteiger charge is -2.24. The molecule has 1 aromatic heterocycles. The van der Waals surface area contributed by atoms with Crippen molar-refractivity contribution >= 4 is 17.7 Å². The zero-order valence-electron chi connectivity index (χ0n) is 11.1. The largest absolute Gasteiger partial charge is 0.347 e. The number of nitrogens with two attached hydrogens (primary N) is 1. The number of amides is 1. The molecule has 18 heavy (non-hydrogen) atoms. The summed E-state index contributed by atoms with van der Waals surface area (Å²) in [6, 6.07) is 1.76. The maximum Gasteiger partial charge on any atom is 0.241 e. The van der Waals surface area contributed by atoms with Crippen LogP contribution in [0.3, 0.4) is 0 Å². The van der Waals surface area contributed by atoms with E-state index >= 15 is 0 Å². The van der Waals surface area contributed by atoms with Crippen molar-refractivity contribution in [2.24, 2.45) is 5.84 Å². The molecule has 3 N–H and O–H groups in total. The molecule has 7 heteroatoms. The number of nitrogens with zero attached hydrogens (tertiary/aromatic N) is 4. The summed E-state index contributed by atoms with van der Waals surface area (Å²) in [5.41, 5.74) is 2.40. The highest BCUT2D eigenvalue weighted by molar-refractivity contribution is 5.80. The average Bonchev–Trinajstić information content (AvgIpc) is 2.38. The van der Waals surface area contributed by atoms with Crippen molar-refractivity contribution in [3.05, 3.63) is 12.3 Å². The minimum absolute atomic E-state index is 0.0318. The van der Waals surface area contributed by atoms with Gasteiger partial charge in [0.15, 0.2) is 0 Å². The van der Waals surface area contributed by atoms with Crippen molar-refractivity contribution in [2.45, 2.75) is 13.3 Å². The summed E-state index contributed by atoms with van der Waals surface area (Å²) < 4.78 is 0. The molecule has 100 valence electrons. The van der Waals surface area contributed by atoms with E-state index in [0.29, 0.717) is 18.3 Å². The van der Waals surface area contributed by atoms with E-state index in [2.05, 4.69) is 22.3 Å². The molecule has 0 aromatic carbocycles. The Bertz CT molecular complexity index is 395. The highest BCUT2D eigenvalue weighted by Gasteiger charge is 2.13. The number of nitrogens with one attached hydrogen (secondary N) is 1. The number of carbonyl (C=O) groups is 1. The number of hydrogen-bond donors (Lipinski definition) is 2. The Balaban J connectivity index is 2.85. The smallest absolute Gasteiger partial charge is 0.241 e. The van der Waals surface area contributed by atoms with Crippen molar-refractivity contribution < 1.29 is 4.79 Å². The van der Waals surface area contributed by atoms with Gasteiger partial charge in [0.2, 0.25) is 11.9 Å². The minimum Gasteiger partial charge on any atom is -0.347 e. The Morgan fingerprint density at radius 1 is 1.50 bits per heavy atom. The molecule has 0 atom stereocenters. The monoisotopic (exact) mass is 252 g/mol. The number of hydrazine groups is 1. The number of nitrogen functional groups attached to an aromatic ring is 1. The molecule has 0 spiro atoms. The van der Waals surface area contributed by atoms with Crippen molar-refractivity contribution in [1.29, 1.82) is 0 Å². The van der Waals surface area contributed by atoms with E-state index in [1.165, 1.54) is 0 Å². The second-order valence-corrected chi connectivity index (χ2v) is 4.09. The van der Waals surface area contributed by atoms with E-state index in [1.54, 1.807) is 31.3 Å². The van der Waals surface area contributed by atoms with Crippen molar-refractivity contribution in [1.82, 2.24) is 14.9 Å². The lowest BCUT2D eigenvalue weighted by Crippen LogP contribution is -2.37. The van der Waals surface area contributed by atoms with Crippen molar-refractivity contribution in [3.63, 3.8) is 0 Å². The predicted molar refractivity (Wildman–Crippen MR) is 71.0 cm³/mol. The summed E-state index contributed by atoms with van der Waals surface area (Å²) in [4.78, 5) is 23.4. The highest BCUT2D eigenvalue weighted by atomic mass is 16.2. The Labute approximate surface area is 107 Å². The van der Waals surface area contributed by atoms with E-state index in [4.69, 9.17) is 5.84 Å². The Hall–Kier alpha value is -1.89. The van der Waals surface area contributed by atoms with E-state index in [-0.39, 0.29) is 5.91 Å². The topological polar surface area (TPSA) is 87.4 Å². The van der Waals surface area contributed by atoms with Gasteiger partial charge < -0.3 is 9.80 Å². The zero-order valence-corrected chi connectivity index (χ0v) is 11.1. The minimum atomic E-state index is 0.0318. The average molecular weight is 252 g/mol. The van der Waals surface area contributed by atoms with Crippen LogP contribution in [0.4, 0.5) is 11.8 Å². The maximum atomic E-state index is 11.8. The number of anilines is 2. The van der Waals surface area contributed by atoms with E-state index < -0.39 is 0 Å². The van der Waals surface area contributed by atoms with Gasteiger partial charge in [-0.2, -0.15) is 4.98 Å². The normalized spacial score (nSPS) is 10.0. The molecule has 1 rings (SSSR count). The molecule has 0 unspecified atom stereocenters. The lowest BCUT2D eigenvalue weighted by molar-refractivity contribution is -0.127. The van der Waals surface area contributed by atoms with Gasteiger partial charge >= 0.3 is 0 Å². The maximum absolute atomic E-state index is 11.8. The summed E-state index contributed by atoms with van der Waals surface area (Å²) in [6.45, 7) is 3.10. The molecule has 0 saturated heterocycles. The molecule has 1 aromatic rings.